The van der Waals surface area contributed by atoms with Crippen molar-refractivity contribution in [1.29, 1.82) is 0 Å². The Hall–Kier alpha value is -3.85. The molecule has 0 aliphatic rings. The van der Waals surface area contributed by atoms with Crippen LogP contribution in [-0.4, -0.2) is 67.9 Å². The number of amides is 2. The summed E-state index contributed by atoms with van der Waals surface area (Å²) in [7, 11) is 0. The van der Waals surface area contributed by atoms with Crippen molar-refractivity contribution in [3.05, 3.63) is 90.8 Å². The zero-order valence-electron chi connectivity index (χ0n) is 19.7. The summed E-state index contributed by atoms with van der Waals surface area (Å²) < 4.78 is 0. The second kappa shape index (κ2) is 22.0. The van der Waals surface area contributed by atoms with Gasteiger partial charge in [0.1, 0.15) is 11.4 Å². The van der Waals surface area contributed by atoms with Gasteiger partial charge in [-0.05, 0) is 52.0 Å². The predicted octanol–water partition coefficient (Wildman–Crippen LogP) is 2.65. The van der Waals surface area contributed by atoms with Gasteiger partial charge in [0.25, 0.3) is 11.8 Å². The molecule has 2 aromatic heterocycles. The largest absolute Gasteiger partial charge is 2.00 e. The van der Waals surface area contributed by atoms with Gasteiger partial charge in [-0.1, -0.05) is 12.1 Å². The van der Waals surface area contributed by atoms with Crippen LogP contribution in [-0.2, 0) is 16.8 Å². The molecule has 0 aliphatic carbocycles. The fourth-order valence-electron chi connectivity index (χ4n) is 2.32. The molecule has 2 amide bonds. The minimum Gasteiger partial charge on any atom is -0.356 e. The van der Waals surface area contributed by atoms with Crippen LogP contribution in [0.1, 0.15) is 48.7 Å². The third-order valence-electron chi connectivity index (χ3n) is 3.87. The number of hydrogen-bond acceptors (Lipinski definition) is 10. The maximum absolute atomic E-state index is 11.7. The molecule has 0 saturated carbocycles. The van der Waals surface area contributed by atoms with E-state index < -0.39 is 10.2 Å². The topological polar surface area (TPSA) is 199 Å². The maximum Gasteiger partial charge on any atom is 2.00 e. The molecule has 0 aliphatic heterocycles. The van der Waals surface area contributed by atoms with Gasteiger partial charge in [0.05, 0.1) is 10.2 Å². The smallest absolute Gasteiger partial charge is 0.356 e. The summed E-state index contributed by atoms with van der Waals surface area (Å²) >= 11 is 0. The molecule has 0 N–H and O–H groups in total. The van der Waals surface area contributed by atoms with Crippen LogP contribution in [0.15, 0.2) is 48.8 Å². The van der Waals surface area contributed by atoms with E-state index in [0.29, 0.717) is 11.4 Å². The number of rotatable bonds is 6. The molecular weight excluding hydrogens is 511 g/mol. The van der Waals surface area contributed by atoms with Crippen LogP contribution in [0.2, 0.25) is 0 Å². The van der Waals surface area contributed by atoms with E-state index >= 15 is 0 Å². The molecule has 0 fully saturated rings. The van der Waals surface area contributed by atoms with Gasteiger partial charge < -0.3 is 40.4 Å². The molecule has 0 atom stereocenters. The first kappa shape index (κ1) is 35.7. The summed E-state index contributed by atoms with van der Waals surface area (Å²) in [5, 5.41) is 29.5. The maximum atomic E-state index is 11.7. The third kappa shape index (κ3) is 18.3. The summed E-state index contributed by atoms with van der Waals surface area (Å²) in [4.78, 5) is 51.4. The second-order valence-corrected chi connectivity index (χ2v) is 5.83. The average Bonchev–Trinajstić information content (AvgIpc) is 2.81. The van der Waals surface area contributed by atoms with Crippen LogP contribution < -0.4 is 0 Å². The number of pyridine rings is 2. The zero-order valence-corrected chi connectivity index (χ0v) is 20.8. The van der Waals surface area contributed by atoms with Gasteiger partial charge in [-0.25, -0.2) is 0 Å². The van der Waals surface area contributed by atoms with Crippen molar-refractivity contribution < 1.29 is 36.5 Å². The van der Waals surface area contributed by atoms with Gasteiger partial charge in [-0.2, -0.15) is 0 Å². The summed E-state index contributed by atoms with van der Waals surface area (Å²) in [6.45, 7) is 10.8. The molecule has 14 nitrogen and oxygen atoms in total. The fourth-order valence-corrected chi connectivity index (χ4v) is 2.32. The molecule has 0 saturated heterocycles. The molecule has 195 valence electrons. The summed E-state index contributed by atoms with van der Waals surface area (Å²) in [6.07, 6.45) is 3.27. The quantitative estimate of drug-likeness (QED) is 0.388. The Kier molecular flexibility index (Phi) is 22.4. The molecular formula is C20H28CoN6O8. The molecule has 15 heteroatoms. The number of nitrogens with zero attached hydrogens (tertiary/aromatic N) is 6. The van der Waals surface area contributed by atoms with E-state index in [0.717, 1.165) is 26.2 Å². The summed E-state index contributed by atoms with van der Waals surface area (Å²) in [6, 6.07) is 10.7. The van der Waals surface area contributed by atoms with E-state index in [2.05, 4.69) is 9.97 Å². The summed E-state index contributed by atoms with van der Waals surface area (Å²) in [5.74, 6) is 0.0104. The van der Waals surface area contributed by atoms with Crippen molar-refractivity contribution in [1.82, 2.24) is 19.8 Å². The van der Waals surface area contributed by atoms with Gasteiger partial charge >= 0.3 is 16.8 Å². The molecule has 0 unspecified atom stereocenters. The second-order valence-electron chi connectivity index (χ2n) is 5.83. The zero-order chi connectivity index (χ0) is 26.5. The molecule has 0 bridgehead atoms. The van der Waals surface area contributed by atoms with E-state index in [1.807, 2.05) is 39.8 Å². The minimum absolute atomic E-state index is 0. The molecule has 2 aromatic rings. The van der Waals surface area contributed by atoms with Crippen LogP contribution in [0, 0.1) is 30.6 Å². The van der Waals surface area contributed by atoms with Crippen LogP contribution in [0.25, 0.3) is 0 Å². The Morgan fingerprint density at radius 2 is 0.943 bits per heavy atom. The standard InChI is InChI=1S/2C10H14N2O.Co.2NO3/c2*1-3-12(4-2)10(13)9-7-5-6-8-11-9;;2*2-1(3)4/h2*5-8H,3-4H2,1-2H3;;;/q;;+2;2*-1. The molecule has 1 radical (unpaired) electrons. The van der Waals surface area contributed by atoms with E-state index in [4.69, 9.17) is 30.6 Å². The average molecular weight is 539 g/mol. The predicted molar refractivity (Wildman–Crippen MR) is 124 cm³/mol. The monoisotopic (exact) mass is 539 g/mol. The number of carbonyl (C=O) groups is 2. The first-order valence-corrected chi connectivity index (χ1v) is 10.1. The van der Waals surface area contributed by atoms with Gasteiger partial charge in [0, 0.05) is 38.6 Å². The molecule has 0 aromatic carbocycles. The van der Waals surface area contributed by atoms with Crippen molar-refractivity contribution in [2.24, 2.45) is 0 Å². The van der Waals surface area contributed by atoms with Gasteiger partial charge in [0.2, 0.25) is 0 Å². The van der Waals surface area contributed by atoms with Crippen LogP contribution in [0.3, 0.4) is 0 Å². The molecule has 0 spiro atoms. The molecule has 35 heavy (non-hydrogen) atoms. The first-order chi connectivity index (χ1) is 16.0. The van der Waals surface area contributed by atoms with E-state index in [1.165, 1.54) is 0 Å². The molecule has 2 heterocycles. The van der Waals surface area contributed by atoms with Gasteiger partial charge in [-0.3, -0.25) is 19.6 Å². The van der Waals surface area contributed by atoms with Crippen LogP contribution >= 0.6 is 0 Å². The van der Waals surface area contributed by atoms with Crippen LogP contribution in [0.4, 0.5) is 0 Å². The minimum atomic E-state index is -1.75. The van der Waals surface area contributed by atoms with Crippen LogP contribution in [0.5, 0.6) is 0 Å². The van der Waals surface area contributed by atoms with E-state index in [1.54, 1.807) is 46.5 Å². The number of hydrogen-bond donors (Lipinski definition) is 0. The Bertz CT molecular complexity index is 774. The normalized spacial score (nSPS) is 8.57. The Morgan fingerprint density at radius 3 is 1.11 bits per heavy atom. The molecule has 2 rings (SSSR count). The van der Waals surface area contributed by atoms with Gasteiger partial charge in [-0.15, -0.1) is 0 Å². The van der Waals surface area contributed by atoms with Gasteiger partial charge in [0.15, 0.2) is 0 Å². The van der Waals surface area contributed by atoms with Crippen molar-refractivity contribution in [2.75, 3.05) is 26.2 Å². The number of aromatic nitrogens is 2. The Morgan fingerprint density at radius 1 is 0.686 bits per heavy atom. The van der Waals surface area contributed by atoms with E-state index in [9.17, 15) is 9.59 Å². The fraction of sp³-hybridized carbons (Fsp3) is 0.400. The van der Waals surface area contributed by atoms with Crippen molar-refractivity contribution in [3.63, 3.8) is 0 Å². The third-order valence-corrected chi connectivity index (χ3v) is 3.87. The van der Waals surface area contributed by atoms with Crippen molar-refractivity contribution in [2.45, 2.75) is 27.7 Å². The Balaban J connectivity index is -0.000000440. The van der Waals surface area contributed by atoms with E-state index in [-0.39, 0.29) is 28.6 Å². The van der Waals surface area contributed by atoms with Crippen molar-refractivity contribution >= 4 is 11.8 Å². The Labute approximate surface area is 213 Å². The number of carbonyl (C=O) groups excluding carboxylic acids is 2. The van der Waals surface area contributed by atoms with Crippen molar-refractivity contribution in [3.8, 4) is 0 Å². The summed E-state index contributed by atoms with van der Waals surface area (Å²) in [5.41, 5.74) is 1.04. The first-order valence-electron chi connectivity index (χ1n) is 10.1. The SMILES string of the molecule is CCN(CC)C(=O)c1ccccn1.CCN(CC)C(=O)c1ccccn1.O=[N+]([O-])[O-].O=[N+]([O-])[O-].[Co+2].